The molecule has 200 valence electrons. The smallest absolute Gasteiger partial charge is 0.243 e. The van der Waals surface area contributed by atoms with Crippen molar-refractivity contribution in [1.29, 1.82) is 0 Å². The van der Waals surface area contributed by atoms with Gasteiger partial charge in [0.05, 0.1) is 4.90 Å². The molecule has 0 radical (unpaired) electrons. The maximum atomic E-state index is 13.5. The van der Waals surface area contributed by atoms with Gasteiger partial charge in [0.25, 0.3) is 0 Å². The summed E-state index contributed by atoms with van der Waals surface area (Å²) < 4.78 is 28.9. The van der Waals surface area contributed by atoms with E-state index in [0.717, 1.165) is 71.1 Å². The monoisotopic (exact) mass is 523 g/mol. The average molecular weight is 524 g/mol. The Morgan fingerprint density at radius 2 is 1.70 bits per heavy atom. The zero-order valence-corrected chi connectivity index (χ0v) is 23.0. The van der Waals surface area contributed by atoms with Gasteiger partial charge in [0.1, 0.15) is 5.75 Å². The van der Waals surface area contributed by atoms with Crippen LogP contribution in [0.2, 0.25) is 0 Å². The predicted molar refractivity (Wildman–Crippen MR) is 146 cm³/mol. The highest BCUT2D eigenvalue weighted by atomic mass is 32.2. The molecule has 0 unspecified atom stereocenters. The molecule has 6 nitrogen and oxygen atoms in total. The number of fused-ring (bicyclic) bond motifs is 4. The summed E-state index contributed by atoms with van der Waals surface area (Å²) in [5.74, 6) is 0.919. The van der Waals surface area contributed by atoms with Gasteiger partial charge < -0.3 is 14.9 Å². The number of sulfonamides is 1. The molecule has 0 amide bonds. The van der Waals surface area contributed by atoms with E-state index in [2.05, 4.69) is 29.8 Å². The summed E-state index contributed by atoms with van der Waals surface area (Å²) in [4.78, 5) is 5.51. The molecule has 2 aromatic carbocycles. The Balaban J connectivity index is 1.16. The summed E-state index contributed by atoms with van der Waals surface area (Å²) in [7, 11) is -1.20. The van der Waals surface area contributed by atoms with E-state index in [1.165, 1.54) is 11.1 Å². The summed E-state index contributed by atoms with van der Waals surface area (Å²) >= 11 is 0. The molecule has 2 heterocycles. The number of phenolic OH excluding ortho intramolecular Hbond substituents is 1. The third kappa shape index (κ3) is 4.52. The maximum absolute atomic E-state index is 13.5. The number of likely N-dealkylation sites (N-methyl/N-ethyl adjacent to an activating group) is 1. The number of phenols is 1. The van der Waals surface area contributed by atoms with E-state index in [9.17, 15) is 13.5 Å². The lowest BCUT2D eigenvalue weighted by atomic mass is 9.56. The van der Waals surface area contributed by atoms with Gasteiger partial charge in [-0.1, -0.05) is 31.2 Å². The fourth-order valence-corrected chi connectivity index (χ4v) is 9.59. The van der Waals surface area contributed by atoms with Crippen LogP contribution in [0.4, 0.5) is 0 Å². The van der Waals surface area contributed by atoms with Crippen molar-refractivity contribution in [2.24, 2.45) is 5.92 Å². The third-order valence-electron chi connectivity index (χ3n) is 10.0. The second kappa shape index (κ2) is 9.67. The molecule has 2 saturated heterocycles. The lowest BCUT2D eigenvalue weighted by molar-refractivity contribution is 0.0272. The lowest BCUT2D eigenvalue weighted by Gasteiger charge is -2.56. The van der Waals surface area contributed by atoms with Crippen LogP contribution in [0, 0.1) is 5.92 Å². The van der Waals surface area contributed by atoms with Gasteiger partial charge in [-0.2, -0.15) is 4.31 Å². The normalized spacial score (nSPS) is 29.4. The largest absolute Gasteiger partial charge is 0.508 e. The number of nitrogens with zero attached hydrogens (tertiary/aromatic N) is 3. The fraction of sp³-hybridized carbons (Fsp3) is 0.600. The first-order valence-electron chi connectivity index (χ1n) is 14.1. The molecule has 3 fully saturated rings. The molecule has 2 bridgehead atoms. The van der Waals surface area contributed by atoms with Crippen molar-refractivity contribution in [2.75, 3.05) is 33.2 Å². The second-order valence-electron chi connectivity index (χ2n) is 12.0. The highest BCUT2D eigenvalue weighted by Gasteiger charge is 2.50. The van der Waals surface area contributed by atoms with Gasteiger partial charge in [-0.15, -0.1) is 0 Å². The van der Waals surface area contributed by atoms with Crippen molar-refractivity contribution in [3.05, 3.63) is 59.7 Å². The Morgan fingerprint density at radius 3 is 2.41 bits per heavy atom. The van der Waals surface area contributed by atoms with Crippen LogP contribution in [0.1, 0.15) is 56.6 Å². The first kappa shape index (κ1) is 25.4. The van der Waals surface area contributed by atoms with Crippen LogP contribution in [0.5, 0.6) is 5.75 Å². The standard InChI is InChI=1S/C30H41N3O3S/c1-22-29-20-23-8-11-26(34)21-28(23)30(22,14-18-31(29)2)15-19-32-16-12-25(13-17-32)33(24-9-10-24)37(35,36)27-6-4-3-5-7-27/h3-8,11,21-22,24-25,29,34H,9-10,12-20H2,1-2H3/t22-,29+,30+/m0/s1. The number of hydrogen-bond acceptors (Lipinski definition) is 5. The second-order valence-corrected chi connectivity index (χ2v) is 13.8. The van der Waals surface area contributed by atoms with Crippen molar-refractivity contribution in [2.45, 2.75) is 80.3 Å². The van der Waals surface area contributed by atoms with E-state index in [1.807, 2.05) is 34.6 Å². The summed E-state index contributed by atoms with van der Waals surface area (Å²) in [6.07, 6.45) is 7.03. The Morgan fingerprint density at radius 1 is 1.00 bits per heavy atom. The van der Waals surface area contributed by atoms with Crippen LogP contribution in [-0.2, 0) is 21.9 Å². The molecule has 37 heavy (non-hydrogen) atoms. The number of aromatic hydroxyl groups is 1. The highest BCUT2D eigenvalue weighted by Crippen LogP contribution is 2.51. The third-order valence-corrected chi connectivity index (χ3v) is 12.0. The minimum atomic E-state index is -3.46. The Kier molecular flexibility index (Phi) is 6.63. The first-order chi connectivity index (χ1) is 17.8. The predicted octanol–water partition coefficient (Wildman–Crippen LogP) is 4.23. The van der Waals surface area contributed by atoms with Gasteiger partial charge >= 0.3 is 0 Å². The van der Waals surface area contributed by atoms with Crippen molar-refractivity contribution in [3.63, 3.8) is 0 Å². The molecular weight excluding hydrogens is 482 g/mol. The summed E-state index contributed by atoms with van der Waals surface area (Å²) in [5, 5.41) is 10.4. The number of rotatable bonds is 7. The molecule has 2 aliphatic carbocycles. The number of piperidine rings is 2. The topological polar surface area (TPSA) is 64.1 Å². The van der Waals surface area contributed by atoms with Gasteiger partial charge in [0.2, 0.25) is 10.0 Å². The van der Waals surface area contributed by atoms with E-state index in [1.54, 1.807) is 12.1 Å². The molecule has 0 aromatic heterocycles. The Hall–Kier alpha value is -1.93. The minimum Gasteiger partial charge on any atom is -0.508 e. The summed E-state index contributed by atoms with van der Waals surface area (Å²) in [6.45, 7) is 6.43. The van der Waals surface area contributed by atoms with E-state index >= 15 is 0 Å². The van der Waals surface area contributed by atoms with Gasteiger partial charge in [0, 0.05) is 23.5 Å². The van der Waals surface area contributed by atoms with E-state index in [0.29, 0.717) is 22.6 Å². The zero-order valence-electron chi connectivity index (χ0n) is 22.2. The van der Waals surface area contributed by atoms with Crippen LogP contribution in [0.15, 0.2) is 53.4 Å². The molecule has 6 rings (SSSR count). The van der Waals surface area contributed by atoms with Crippen LogP contribution >= 0.6 is 0 Å². The van der Waals surface area contributed by atoms with Crippen molar-refractivity contribution >= 4 is 10.0 Å². The minimum absolute atomic E-state index is 0.0890. The molecule has 7 heteroatoms. The SMILES string of the molecule is C[C@H]1[C@H]2Cc3ccc(O)cc3[C@@]1(CCN1CCC(N(C3CC3)S(=O)(=O)c3ccccc3)CC1)CCN2C. The molecule has 0 spiro atoms. The van der Waals surface area contributed by atoms with Crippen LogP contribution in [0.25, 0.3) is 0 Å². The molecule has 3 atom stereocenters. The molecule has 1 N–H and O–H groups in total. The highest BCUT2D eigenvalue weighted by molar-refractivity contribution is 7.89. The number of hydrogen-bond donors (Lipinski definition) is 1. The summed E-state index contributed by atoms with van der Waals surface area (Å²) in [5.41, 5.74) is 2.86. The maximum Gasteiger partial charge on any atom is 0.243 e. The van der Waals surface area contributed by atoms with Crippen LogP contribution < -0.4 is 0 Å². The van der Waals surface area contributed by atoms with Gasteiger partial charge in [0.15, 0.2) is 0 Å². The average Bonchev–Trinajstić information content (AvgIpc) is 3.73. The molecular formula is C30H41N3O3S. The summed E-state index contributed by atoms with van der Waals surface area (Å²) in [6, 6.07) is 15.8. The van der Waals surface area contributed by atoms with Crippen molar-refractivity contribution in [1.82, 2.24) is 14.1 Å². The van der Waals surface area contributed by atoms with Crippen LogP contribution in [-0.4, -0.2) is 79.0 Å². The Bertz CT molecular complexity index is 1220. The van der Waals surface area contributed by atoms with Gasteiger partial charge in [-0.05, 0) is 119 Å². The number of benzene rings is 2. The molecule has 2 aliphatic heterocycles. The van der Waals surface area contributed by atoms with E-state index < -0.39 is 10.0 Å². The molecule has 4 aliphatic rings. The van der Waals surface area contributed by atoms with E-state index in [-0.39, 0.29) is 17.5 Å². The van der Waals surface area contributed by atoms with Crippen molar-refractivity contribution in [3.8, 4) is 5.75 Å². The Labute approximate surface area is 222 Å². The van der Waals surface area contributed by atoms with Crippen LogP contribution in [0.3, 0.4) is 0 Å². The zero-order chi connectivity index (χ0) is 25.8. The molecule has 2 aromatic rings. The van der Waals surface area contributed by atoms with Gasteiger partial charge in [-0.25, -0.2) is 8.42 Å². The molecule has 1 saturated carbocycles. The van der Waals surface area contributed by atoms with E-state index in [4.69, 9.17) is 0 Å². The van der Waals surface area contributed by atoms with Crippen molar-refractivity contribution < 1.29 is 13.5 Å². The quantitative estimate of drug-likeness (QED) is 0.588. The van der Waals surface area contributed by atoms with Gasteiger partial charge in [-0.3, -0.25) is 0 Å². The number of likely N-dealkylation sites (tertiary alicyclic amines) is 2. The lowest BCUT2D eigenvalue weighted by Crippen LogP contribution is -2.58. The fourth-order valence-electron chi connectivity index (χ4n) is 7.64. The first-order valence-corrected chi connectivity index (χ1v) is 15.6.